The molecular weight excluding hydrogens is 344 g/mol. The topological polar surface area (TPSA) is 60.7 Å². The zero-order valence-corrected chi connectivity index (χ0v) is 15.3. The highest BCUT2D eigenvalue weighted by atomic mass is 32.2. The quantitative estimate of drug-likeness (QED) is 0.514. The molecule has 0 saturated heterocycles. The molecule has 0 atom stereocenters. The standard InChI is InChI=1S/C20H20N4OS/c25-20-23-19(26-14-15-8-11-21-12-9-15)17-6-1-2-7-18(17)24(20)13-16-5-3-4-10-22-16/h3-5,8-12H,1-2,6-7,13-14H2. The molecule has 4 rings (SSSR count). The molecule has 0 amide bonds. The molecule has 0 radical (unpaired) electrons. The molecule has 0 fully saturated rings. The van der Waals surface area contributed by atoms with E-state index < -0.39 is 0 Å². The third kappa shape index (κ3) is 3.70. The second-order valence-corrected chi connectivity index (χ2v) is 7.35. The molecule has 0 aromatic carbocycles. The van der Waals surface area contributed by atoms with Gasteiger partial charge in [-0.2, -0.15) is 4.98 Å². The summed E-state index contributed by atoms with van der Waals surface area (Å²) in [6.07, 6.45) is 9.55. The Morgan fingerprint density at radius 3 is 2.69 bits per heavy atom. The van der Waals surface area contributed by atoms with Crippen LogP contribution in [-0.4, -0.2) is 19.5 Å². The van der Waals surface area contributed by atoms with Crippen LogP contribution in [0.1, 0.15) is 35.4 Å². The van der Waals surface area contributed by atoms with Gasteiger partial charge in [0.1, 0.15) is 5.03 Å². The van der Waals surface area contributed by atoms with E-state index in [0.29, 0.717) is 6.54 Å². The highest BCUT2D eigenvalue weighted by Gasteiger charge is 2.20. The maximum Gasteiger partial charge on any atom is 0.349 e. The van der Waals surface area contributed by atoms with E-state index in [-0.39, 0.29) is 5.69 Å². The lowest BCUT2D eigenvalue weighted by Gasteiger charge is -2.22. The van der Waals surface area contributed by atoms with E-state index in [1.807, 2.05) is 34.9 Å². The van der Waals surface area contributed by atoms with Crippen molar-refractivity contribution in [3.63, 3.8) is 0 Å². The first-order chi connectivity index (χ1) is 12.8. The number of aromatic nitrogens is 4. The van der Waals surface area contributed by atoms with Crippen molar-refractivity contribution in [3.05, 3.63) is 81.9 Å². The van der Waals surface area contributed by atoms with Crippen molar-refractivity contribution in [2.75, 3.05) is 0 Å². The molecule has 0 bridgehead atoms. The first kappa shape index (κ1) is 17.0. The molecule has 6 heteroatoms. The summed E-state index contributed by atoms with van der Waals surface area (Å²) >= 11 is 1.65. The molecule has 132 valence electrons. The van der Waals surface area contributed by atoms with Gasteiger partial charge in [0.15, 0.2) is 0 Å². The zero-order chi connectivity index (χ0) is 17.8. The number of hydrogen-bond acceptors (Lipinski definition) is 5. The van der Waals surface area contributed by atoms with E-state index in [2.05, 4.69) is 15.0 Å². The first-order valence-corrected chi connectivity index (χ1v) is 9.84. The van der Waals surface area contributed by atoms with Gasteiger partial charge in [0, 0.05) is 35.6 Å². The average Bonchev–Trinajstić information content (AvgIpc) is 2.70. The van der Waals surface area contributed by atoms with Gasteiger partial charge in [-0.05, 0) is 55.5 Å². The van der Waals surface area contributed by atoms with Gasteiger partial charge in [0.2, 0.25) is 0 Å². The summed E-state index contributed by atoms with van der Waals surface area (Å²) in [7, 11) is 0. The van der Waals surface area contributed by atoms with E-state index in [9.17, 15) is 4.79 Å². The third-order valence-corrected chi connectivity index (χ3v) is 5.71. The van der Waals surface area contributed by atoms with Crippen molar-refractivity contribution in [1.29, 1.82) is 0 Å². The molecule has 0 saturated carbocycles. The number of hydrogen-bond donors (Lipinski definition) is 0. The van der Waals surface area contributed by atoms with Gasteiger partial charge in [-0.1, -0.05) is 6.07 Å². The van der Waals surface area contributed by atoms with Gasteiger partial charge >= 0.3 is 5.69 Å². The van der Waals surface area contributed by atoms with Crippen LogP contribution >= 0.6 is 11.8 Å². The molecule has 0 unspecified atom stereocenters. The van der Waals surface area contributed by atoms with E-state index >= 15 is 0 Å². The number of pyridine rings is 2. The Hall–Kier alpha value is -2.47. The molecule has 5 nitrogen and oxygen atoms in total. The molecule has 3 heterocycles. The van der Waals surface area contributed by atoms with Crippen LogP contribution in [0.3, 0.4) is 0 Å². The van der Waals surface area contributed by atoms with Crippen LogP contribution in [0, 0.1) is 0 Å². The van der Waals surface area contributed by atoms with Gasteiger partial charge in [0.05, 0.1) is 12.2 Å². The Bertz CT molecular complexity index is 941. The summed E-state index contributed by atoms with van der Waals surface area (Å²) in [5, 5.41) is 0.888. The molecule has 3 aromatic heterocycles. The lowest BCUT2D eigenvalue weighted by molar-refractivity contribution is 0.565. The van der Waals surface area contributed by atoms with Crippen LogP contribution < -0.4 is 5.69 Å². The maximum atomic E-state index is 12.7. The van der Waals surface area contributed by atoms with Gasteiger partial charge in [-0.15, -0.1) is 11.8 Å². The molecule has 3 aromatic rings. The van der Waals surface area contributed by atoms with E-state index in [1.54, 1.807) is 30.4 Å². The summed E-state index contributed by atoms with van der Waals surface area (Å²) in [5.74, 6) is 0.797. The van der Waals surface area contributed by atoms with Crippen molar-refractivity contribution >= 4 is 11.8 Å². The molecule has 1 aliphatic carbocycles. The Morgan fingerprint density at radius 2 is 1.88 bits per heavy atom. The molecule has 0 N–H and O–H groups in total. The number of thioether (sulfide) groups is 1. The van der Waals surface area contributed by atoms with Crippen LogP contribution in [0.15, 0.2) is 58.7 Å². The van der Waals surface area contributed by atoms with Crippen molar-refractivity contribution in [2.45, 2.75) is 43.0 Å². The second kappa shape index (κ2) is 7.83. The van der Waals surface area contributed by atoms with Crippen molar-refractivity contribution in [1.82, 2.24) is 19.5 Å². The van der Waals surface area contributed by atoms with E-state index in [0.717, 1.165) is 47.8 Å². The van der Waals surface area contributed by atoms with Gasteiger partial charge < -0.3 is 0 Å². The highest BCUT2D eigenvalue weighted by Crippen LogP contribution is 2.30. The minimum absolute atomic E-state index is 0.173. The highest BCUT2D eigenvalue weighted by molar-refractivity contribution is 7.98. The SMILES string of the molecule is O=c1nc(SCc2ccncc2)c2c(n1Cc1ccccn1)CCCC2. The monoisotopic (exact) mass is 364 g/mol. The summed E-state index contributed by atoms with van der Waals surface area (Å²) in [4.78, 5) is 25.6. The number of fused-ring (bicyclic) bond motifs is 1. The molecule has 26 heavy (non-hydrogen) atoms. The zero-order valence-electron chi connectivity index (χ0n) is 14.5. The number of rotatable bonds is 5. The fraction of sp³-hybridized carbons (Fsp3) is 0.300. The molecule has 0 spiro atoms. The van der Waals surface area contributed by atoms with Crippen LogP contribution in [0.25, 0.3) is 0 Å². The van der Waals surface area contributed by atoms with Crippen LogP contribution in [0.5, 0.6) is 0 Å². The Balaban J connectivity index is 1.66. The molecular formula is C20H20N4OS. The van der Waals surface area contributed by atoms with E-state index in [4.69, 9.17) is 0 Å². The lowest BCUT2D eigenvalue weighted by atomic mass is 9.97. The Labute approximate surface area is 156 Å². The normalized spacial score (nSPS) is 13.4. The lowest BCUT2D eigenvalue weighted by Crippen LogP contribution is -2.30. The van der Waals surface area contributed by atoms with Crippen molar-refractivity contribution in [3.8, 4) is 0 Å². The van der Waals surface area contributed by atoms with Crippen LogP contribution in [0.2, 0.25) is 0 Å². The number of nitrogens with zero attached hydrogens (tertiary/aromatic N) is 4. The minimum atomic E-state index is -0.173. The summed E-state index contributed by atoms with van der Waals surface area (Å²) in [6.45, 7) is 0.490. The second-order valence-electron chi connectivity index (χ2n) is 6.38. The van der Waals surface area contributed by atoms with Gasteiger partial charge in [-0.3, -0.25) is 14.5 Å². The minimum Gasteiger partial charge on any atom is -0.290 e. The Morgan fingerprint density at radius 1 is 1.04 bits per heavy atom. The fourth-order valence-electron chi connectivity index (χ4n) is 3.31. The fourth-order valence-corrected chi connectivity index (χ4v) is 4.35. The first-order valence-electron chi connectivity index (χ1n) is 8.85. The van der Waals surface area contributed by atoms with Gasteiger partial charge in [-0.25, -0.2) is 4.79 Å². The van der Waals surface area contributed by atoms with Crippen LogP contribution in [0.4, 0.5) is 0 Å². The van der Waals surface area contributed by atoms with Crippen molar-refractivity contribution < 1.29 is 0 Å². The predicted octanol–water partition coefficient (Wildman–Crippen LogP) is 3.25. The smallest absolute Gasteiger partial charge is 0.290 e. The molecule has 0 aliphatic heterocycles. The third-order valence-electron chi connectivity index (χ3n) is 4.62. The molecule has 1 aliphatic rings. The largest absolute Gasteiger partial charge is 0.349 e. The summed E-state index contributed by atoms with van der Waals surface area (Å²) < 4.78 is 1.81. The average molecular weight is 364 g/mol. The summed E-state index contributed by atoms with van der Waals surface area (Å²) in [5.41, 5.74) is 4.29. The Kier molecular flexibility index (Phi) is 5.11. The van der Waals surface area contributed by atoms with Gasteiger partial charge in [0.25, 0.3) is 0 Å². The summed E-state index contributed by atoms with van der Waals surface area (Å²) in [6, 6.07) is 9.79. The van der Waals surface area contributed by atoms with Crippen LogP contribution in [-0.2, 0) is 25.1 Å². The maximum absolute atomic E-state index is 12.7. The predicted molar refractivity (Wildman–Crippen MR) is 102 cm³/mol. The van der Waals surface area contributed by atoms with Crippen molar-refractivity contribution in [2.24, 2.45) is 0 Å². The van der Waals surface area contributed by atoms with E-state index in [1.165, 1.54) is 11.1 Å².